The molecule has 0 radical (unpaired) electrons. The van der Waals surface area contributed by atoms with Gasteiger partial charge in [0.25, 0.3) is 0 Å². The molecule has 0 amide bonds. The predicted octanol–water partition coefficient (Wildman–Crippen LogP) is 1.73. The van der Waals surface area contributed by atoms with Crippen LogP contribution in [0.1, 0.15) is 15.9 Å². The highest BCUT2D eigenvalue weighted by Crippen LogP contribution is 2.32. The molecule has 0 aliphatic carbocycles. The molecule has 0 fully saturated rings. The minimum absolute atomic E-state index is 0.456. The molecule has 0 atom stereocenters. The summed E-state index contributed by atoms with van der Waals surface area (Å²) in [6.45, 7) is 0. The predicted molar refractivity (Wildman–Crippen MR) is 60.0 cm³/mol. The van der Waals surface area contributed by atoms with Crippen molar-refractivity contribution < 1.29 is 19.1 Å². The number of carbonyl (C=O) groups excluding carboxylic acids is 2. The number of aldehydes is 2. The van der Waals surface area contributed by atoms with E-state index in [4.69, 9.17) is 9.47 Å². The Balaban J connectivity index is 3.35. The average Bonchev–Trinajstić information content (AvgIpc) is 2.34. The molecule has 0 bridgehead atoms. The molecule has 0 spiro atoms. The van der Waals surface area contributed by atoms with Gasteiger partial charge in [-0.3, -0.25) is 9.59 Å². The van der Waals surface area contributed by atoms with Gasteiger partial charge in [-0.2, -0.15) is 0 Å². The lowest BCUT2D eigenvalue weighted by molar-refractivity contribution is -0.104. The smallest absolute Gasteiger partial charge is 0.167 e. The Bertz CT molecular complexity index is 421. The van der Waals surface area contributed by atoms with E-state index in [0.29, 0.717) is 35.2 Å². The zero-order valence-corrected chi connectivity index (χ0v) is 9.10. The quantitative estimate of drug-likeness (QED) is 0.560. The number of rotatable bonds is 5. The molecule has 0 heterocycles. The zero-order valence-electron chi connectivity index (χ0n) is 9.10. The third kappa shape index (κ3) is 2.48. The normalized spacial score (nSPS) is 10.1. The fraction of sp³-hybridized carbons (Fsp3) is 0.167. The van der Waals surface area contributed by atoms with Crippen molar-refractivity contribution in [1.82, 2.24) is 0 Å². The van der Waals surface area contributed by atoms with E-state index in [1.807, 2.05) is 0 Å². The van der Waals surface area contributed by atoms with Crippen LogP contribution in [0.3, 0.4) is 0 Å². The Labute approximate surface area is 93.5 Å². The topological polar surface area (TPSA) is 52.6 Å². The lowest BCUT2D eigenvalue weighted by Crippen LogP contribution is -1.95. The second kappa shape index (κ2) is 5.70. The molecule has 0 aliphatic heterocycles. The molecule has 84 valence electrons. The average molecular weight is 220 g/mol. The second-order valence-corrected chi connectivity index (χ2v) is 2.96. The SMILES string of the molecule is COc1cc(C=O)cc(C=CC=O)c1OC. The summed E-state index contributed by atoms with van der Waals surface area (Å²) in [6, 6.07) is 3.19. The van der Waals surface area contributed by atoms with E-state index < -0.39 is 0 Å². The molecule has 1 aromatic carbocycles. The fourth-order valence-corrected chi connectivity index (χ4v) is 1.35. The fourth-order valence-electron chi connectivity index (χ4n) is 1.35. The van der Waals surface area contributed by atoms with Crippen LogP contribution in [0.5, 0.6) is 11.5 Å². The molecule has 0 aliphatic rings. The van der Waals surface area contributed by atoms with Gasteiger partial charge in [-0.05, 0) is 24.3 Å². The van der Waals surface area contributed by atoms with Gasteiger partial charge < -0.3 is 9.47 Å². The molecule has 0 saturated heterocycles. The molecule has 0 unspecified atom stereocenters. The van der Waals surface area contributed by atoms with E-state index in [-0.39, 0.29) is 0 Å². The maximum atomic E-state index is 10.7. The molecule has 0 N–H and O–H groups in total. The number of methoxy groups -OCH3 is 2. The van der Waals surface area contributed by atoms with Crippen LogP contribution in [-0.4, -0.2) is 26.8 Å². The lowest BCUT2D eigenvalue weighted by atomic mass is 10.1. The highest BCUT2D eigenvalue weighted by molar-refractivity contribution is 5.82. The van der Waals surface area contributed by atoms with E-state index in [1.165, 1.54) is 20.3 Å². The van der Waals surface area contributed by atoms with Gasteiger partial charge in [-0.1, -0.05) is 0 Å². The molecular weight excluding hydrogens is 208 g/mol. The van der Waals surface area contributed by atoms with Gasteiger partial charge in [0.2, 0.25) is 0 Å². The number of allylic oxidation sites excluding steroid dienone is 1. The van der Waals surface area contributed by atoms with Crippen LogP contribution in [0.4, 0.5) is 0 Å². The van der Waals surface area contributed by atoms with Crippen LogP contribution in [0.25, 0.3) is 6.08 Å². The summed E-state index contributed by atoms with van der Waals surface area (Å²) in [5, 5.41) is 0. The first-order valence-corrected chi connectivity index (χ1v) is 4.59. The van der Waals surface area contributed by atoms with E-state index in [1.54, 1.807) is 18.2 Å². The van der Waals surface area contributed by atoms with Gasteiger partial charge in [0, 0.05) is 11.1 Å². The standard InChI is InChI=1S/C12H12O4/c1-15-11-7-9(8-14)6-10(4-3-5-13)12(11)16-2/h3-8H,1-2H3. The maximum absolute atomic E-state index is 10.7. The number of ether oxygens (including phenoxy) is 2. The molecule has 1 aromatic rings. The zero-order chi connectivity index (χ0) is 12.0. The van der Waals surface area contributed by atoms with Crippen molar-refractivity contribution in [1.29, 1.82) is 0 Å². The summed E-state index contributed by atoms with van der Waals surface area (Å²) >= 11 is 0. The molecule has 1 rings (SSSR count). The van der Waals surface area contributed by atoms with Crippen LogP contribution in [-0.2, 0) is 4.79 Å². The third-order valence-electron chi connectivity index (χ3n) is 2.02. The van der Waals surface area contributed by atoms with Crippen molar-refractivity contribution in [3.05, 3.63) is 29.3 Å². The number of benzene rings is 1. The van der Waals surface area contributed by atoms with Gasteiger partial charge in [0.1, 0.15) is 12.6 Å². The van der Waals surface area contributed by atoms with Gasteiger partial charge in [0.15, 0.2) is 11.5 Å². The molecule has 0 aromatic heterocycles. The van der Waals surface area contributed by atoms with Crippen molar-refractivity contribution in [3.63, 3.8) is 0 Å². The van der Waals surface area contributed by atoms with Crippen LogP contribution in [0.15, 0.2) is 18.2 Å². The van der Waals surface area contributed by atoms with Crippen molar-refractivity contribution in [2.75, 3.05) is 14.2 Å². The van der Waals surface area contributed by atoms with Crippen molar-refractivity contribution in [2.24, 2.45) is 0 Å². The Morgan fingerprint density at radius 3 is 2.38 bits per heavy atom. The lowest BCUT2D eigenvalue weighted by Gasteiger charge is -2.11. The first-order chi connectivity index (χ1) is 7.76. The molecule has 4 heteroatoms. The third-order valence-corrected chi connectivity index (χ3v) is 2.02. The van der Waals surface area contributed by atoms with Crippen LogP contribution < -0.4 is 9.47 Å². The number of hydrogen-bond acceptors (Lipinski definition) is 4. The van der Waals surface area contributed by atoms with Gasteiger partial charge >= 0.3 is 0 Å². The first kappa shape index (κ1) is 12.0. The van der Waals surface area contributed by atoms with Crippen molar-refractivity contribution in [2.45, 2.75) is 0 Å². The first-order valence-electron chi connectivity index (χ1n) is 4.59. The van der Waals surface area contributed by atoms with E-state index in [2.05, 4.69) is 0 Å². The Morgan fingerprint density at radius 2 is 1.88 bits per heavy atom. The van der Waals surface area contributed by atoms with E-state index in [9.17, 15) is 9.59 Å². The van der Waals surface area contributed by atoms with Crippen LogP contribution >= 0.6 is 0 Å². The highest BCUT2D eigenvalue weighted by Gasteiger charge is 2.09. The van der Waals surface area contributed by atoms with Gasteiger partial charge in [0.05, 0.1) is 14.2 Å². The highest BCUT2D eigenvalue weighted by atomic mass is 16.5. The minimum Gasteiger partial charge on any atom is -0.493 e. The van der Waals surface area contributed by atoms with Crippen LogP contribution in [0, 0.1) is 0 Å². The van der Waals surface area contributed by atoms with Crippen LogP contribution in [0.2, 0.25) is 0 Å². The Kier molecular flexibility index (Phi) is 4.27. The molecule has 16 heavy (non-hydrogen) atoms. The Hall–Kier alpha value is -2.10. The van der Waals surface area contributed by atoms with Gasteiger partial charge in [-0.15, -0.1) is 0 Å². The summed E-state index contributed by atoms with van der Waals surface area (Å²) in [5.74, 6) is 0.948. The number of carbonyl (C=O) groups is 2. The van der Waals surface area contributed by atoms with Crippen molar-refractivity contribution in [3.8, 4) is 11.5 Å². The van der Waals surface area contributed by atoms with Crippen molar-refractivity contribution >= 4 is 18.6 Å². The summed E-state index contributed by atoms with van der Waals surface area (Å²) in [4.78, 5) is 21.0. The van der Waals surface area contributed by atoms with E-state index in [0.717, 1.165) is 0 Å². The maximum Gasteiger partial charge on any atom is 0.167 e. The number of hydrogen-bond donors (Lipinski definition) is 0. The summed E-state index contributed by atoms with van der Waals surface area (Å²) in [5.41, 5.74) is 1.08. The summed E-state index contributed by atoms with van der Waals surface area (Å²) in [6.07, 6.45) is 4.24. The molecule has 0 saturated carbocycles. The molecule has 4 nitrogen and oxygen atoms in total. The molecular formula is C12H12O4. The summed E-state index contributed by atoms with van der Waals surface area (Å²) in [7, 11) is 2.98. The monoisotopic (exact) mass is 220 g/mol. The van der Waals surface area contributed by atoms with E-state index >= 15 is 0 Å². The minimum atomic E-state index is 0.456. The van der Waals surface area contributed by atoms with Gasteiger partial charge in [-0.25, -0.2) is 0 Å². The Morgan fingerprint density at radius 1 is 1.12 bits per heavy atom. The second-order valence-electron chi connectivity index (χ2n) is 2.96. The summed E-state index contributed by atoms with van der Waals surface area (Å²) < 4.78 is 10.2. The largest absolute Gasteiger partial charge is 0.493 e.